The third-order valence-electron chi connectivity index (χ3n) is 6.22. The van der Waals surface area contributed by atoms with Crippen molar-refractivity contribution in [2.75, 3.05) is 42.3 Å². The van der Waals surface area contributed by atoms with Gasteiger partial charge in [-0.25, -0.2) is 19.9 Å². The molecule has 5 aromatic heterocycles. The molecule has 5 aromatic rings. The molecule has 0 radical (unpaired) electrons. The molecule has 1 aliphatic heterocycles. The first-order valence-electron chi connectivity index (χ1n) is 11.7. The van der Waals surface area contributed by atoms with Crippen LogP contribution in [0.1, 0.15) is 0 Å². The first-order chi connectivity index (χ1) is 18.1. The molecule has 1 N–H and O–H groups in total. The fraction of sp³-hybridized carbons (Fsp3) is 0.200. The van der Waals surface area contributed by atoms with Crippen molar-refractivity contribution in [3.05, 3.63) is 72.6 Å². The molecular weight excluding hydrogens is 508 g/mol. The zero-order chi connectivity index (χ0) is 25.2. The molecule has 6 rings (SSSR count). The lowest BCUT2D eigenvalue weighted by Crippen LogP contribution is -2.47. The number of thiophene rings is 1. The summed E-state index contributed by atoms with van der Waals surface area (Å²) in [5, 5.41) is 5.31. The van der Waals surface area contributed by atoms with E-state index in [4.69, 9.17) is 4.98 Å². The van der Waals surface area contributed by atoms with E-state index in [0.29, 0.717) is 19.0 Å². The molecule has 1 saturated heterocycles. The summed E-state index contributed by atoms with van der Waals surface area (Å²) < 4.78 is 23.9. The van der Waals surface area contributed by atoms with Gasteiger partial charge in [0, 0.05) is 49.0 Å². The highest BCUT2D eigenvalue weighted by Gasteiger charge is 2.18. The molecule has 6 heterocycles. The van der Waals surface area contributed by atoms with Crippen LogP contribution in [0.15, 0.2) is 72.6 Å². The van der Waals surface area contributed by atoms with Gasteiger partial charge in [0.15, 0.2) is 0 Å². The Labute approximate surface area is 220 Å². The number of aromatic nitrogens is 5. The van der Waals surface area contributed by atoms with Gasteiger partial charge in [0.1, 0.15) is 11.5 Å². The minimum absolute atomic E-state index is 0.0775. The van der Waals surface area contributed by atoms with Crippen molar-refractivity contribution >= 4 is 45.5 Å². The average molecular weight is 532 g/mol. The maximum Gasteiger partial charge on any atom is 0.227 e. The van der Waals surface area contributed by atoms with Gasteiger partial charge in [0.05, 0.1) is 35.3 Å². The number of piperazine rings is 1. The lowest BCUT2D eigenvalue weighted by Gasteiger charge is -2.35. The molecule has 0 aliphatic carbocycles. The normalized spacial score (nSPS) is 15.2. The number of anilines is 3. The molecule has 1 atom stereocenters. The first kappa shape index (κ1) is 23.7. The van der Waals surface area contributed by atoms with E-state index in [1.165, 1.54) is 4.88 Å². The molecule has 1 fully saturated rings. The van der Waals surface area contributed by atoms with Crippen molar-refractivity contribution in [1.82, 2.24) is 29.2 Å². The molecular formula is C25H23N8O2S2-. The number of hydrogen-bond donors (Lipinski definition) is 1. The monoisotopic (exact) mass is 531 g/mol. The molecule has 1 aliphatic rings. The maximum absolute atomic E-state index is 10.9. The van der Waals surface area contributed by atoms with Gasteiger partial charge in [0.25, 0.3) is 0 Å². The Morgan fingerprint density at radius 2 is 1.89 bits per heavy atom. The van der Waals surface area contributed by atoms with E-state index in [0.717, 1.165) is 47.2 Å². The summed E-state index contributed by atoms with van der Waals surface area (Å²) in [6, 6.07) is 14.0. The Morgan fingerprint density at radius 3 is 2.65 bits per heavy atom. The minimum atomic E-state index is -2.05. The van der Waals surface area contributed by atoms with Crippen LogP contribution < -0.4 is 10.2 Å². The molecule has 0 aromatic carbocycles. The summed E-state index contributed by atoms with van der Waals surface area (Å²) in [5.74, 6) is 1.40. The number of nitrogens with zero attached hydrogens (tertiary/aromatic N) is 7. The predicted molar refractivity (Wildman–Crippen MR) is 145 cm³/mol. The molecule has 12 heteroatoms. The third-order valence-corrected chi connectivity index (χ3v) is 7.71. The Balaban J connectivity index is 1.17. The lowest BCUT2D eigenvalue weighted by atomic mass is 10.2. The second-order valence-corrected chi connectivity index (χ2v) is 10.4. The van der Waals surface area contributed by atoms with Gasteiger partial charge in [-0.05, 0) is 52.9 Å². The zero-order valence-corrected chi connectivity index (χ0v) is 21.4. The highest BCUT2D eigenvalue weighted by molar-refractivity contribution is 7.79. The number of rotatable bonds is 7. The molecule has 1 unspecified atom stereocenters. The number of pyridine rings is 2. The Morgan fingerprint density at radius 1 is 1.00 bits per heavy atom. The Bertz CT molecular complexity index is 1530. The summed E-state index contributed by atoms with van der Waals surface area (Å²) in [6.07, 6.45) is 7.39. The van der Waals surface area contributed by atoms with Crippen LogP contribution in [-0.4, -0.2) is 70.1 Å². The predicted octanol–water partition coefficient (Wildman–Crippen LogP) is 3.62. The van der Waals surface area contributed by atoms with Gasteiger partial charge in [-0.3, -0.25) is 13.5 Å². The van der Waals surface area contributed by atoms with Gasteiger partial charge >= 0.3 is 0 Å². The Hall–Kier alpha value is -3.71. The fourth-order valence-electron chi connectivity index (χ4n) is 4.35. The smallest absolute Gasteiger partial charge is 0.227 e. The highest BCUT2D eigenvalue weighted by atomic mass is 32.2. The largest absolute Gasteiger partial charge is 0.771 e. The van der Waals surface area contributed by atoms with Gasteiger partial charge in [-0.1, -0.05) is 6.07 Å². The molecule has 0 saturated carbocycles. The molecule has 37 heavy (non-hydrogen) atoms. The summed E-state index contributed by atoms with van der Waals surface area (Å²) in [4.78, 5) is 23.5. The van der Waals surface area contributed by atoms with Crippen LogP contribution in [0.2, 0.25) is 0 Å². The van der Waals surface area contributed by atoms with Crippen molar-refractivity contribution in [2.45, 2.75) is 0 Å². The SMILES string of the molecule is O=S([O-])CN1CCN(c2ccc(Nc3nccc(-c4cnc5ccc(-c6cccs6)cn45)n3)cn2)CC1. The van der Waals surface area contributed by atoms with E-state index in [1.54, 1.807) is 23.7 Å². The topological polar surface area (TPSA) is 115 Å². The summed E-state index contributed by atoms with van der Waals surface area (Å²) >= 11 is -0.349. The third kappa shape index (κ3) is 5.23. The lowest BCUT2D eigenvalue weighted by molar-refractivity contribution is 0.291. The standard InChI is InChI=1S/C25H24N8O2S2/c34-37(35)17-31-9-11-32(12-10-31)23-6-4-19(14-27-23)29-25-26-8-7-20(30-25)21-15-28-24-5-3-18(16-33(21)24)22-2-1-13-36-22/h1-8,13-16H,9-12,17H2,(H,34,35)(H,26,29,30)/p-1. The van der Waals surface area contributed by atoms with Crippen molar-refractivity contribution in [3.63, 3.8) is 0 Å². The number of fused-ring (bicyclic) bond motifs is 1. The van der Waals surface area contributed by atoms with Crippen LogP contribution in [0.25, 0.3) is 27.5 Å². The van der Waals surface area contributed by atoms with Crippen molar-refractivity contribution < 1.29 is 8.76 Å². The maximum atomic E-state index is 10.9. The van der Waals surface area contributed by atoms with Crippen LogP contribution in [0.5, 0.6) is 0 Å². The molecule has 0 spiro atoms. The van der Waals surface area contributed by atoms with Gasteiger partial charge in [-0.2, -0.15) is 0 Å². The number of hydrogen-bond acceptors (Lipinski definition) is 10. The zero-order valence-electron chi connectivity index (χ0n) is 19.7. The van der Waals surface area contributed by atoms with Crippen LogP contribution in [0, 0.1) is 0 Å². The fourth-order valence-corrected chi connectivity index (χ4v) is 5.63. The number of imidazole rings is 1. The summed E-state index contributed by atoms with van der Waals surface area (Å²) in [7, 11) is 0. The average Bonchev–Trinajstić information content (AvgIpc) is 3.60. The van der Waals surface area contributed by atoms with E-state index in [1.807, 2.05) is 45.8 Å². The second kappa shape index (κ2) is 10.3. The van der Waals surface area contributed by atoms with Gasteiger partial charge in [0.2, 0.25) is 5.95 Å². The minimum Gasteiger partial charge on any atom is -0.771 e. The van der Waals surface area contributed by atoms with Gasteiger partial charge < -0.3 is 14.8 Å². The van der Waals surface area contributed by atoms with Crippen molar-refractivity contribution in [1.29, 1.82) is 0 Å². The second-order valence-electron chi connectivity index (χ2n) is 8.60. The van der Waals surface area contributed by atoms with Crippen LogP contribution >= 0.6 is 11.3 Å². The van der Waals surface area contributed by atoms with Crippen molar-refractivity contribution in [3.8, 4) is 21.8 Å². The van der Waals surface area contributed by atoms with Crippen LogP contribution in [0.4, 0.5) is 17.5 Å². The summed E-state index contributed by atoms with van der Waals surface area (Å²) in [6.45, 7) is 2.84. The Kier molecular flexibility index (Phi) is 6.62. The van der Waals surface area contributed by atoms with Gasteiger partial charge in [-0.15, -0.1) is 11.3 Å². The van der Waals surface area contributed by atoms with E-state index >= 15 is 0 Å². The summed E-state index contributed by atoms with van der Waals surface area (Å²) in [5.41, 5.74) is 4.40. The highest BCUT2D eigenvalue weighted by Crippen LogP contribution is 2.28. The molecule has 0 bridgehead atoms. The van der Waals surface area contributed by atoms with E-state index in [-0.39, 0.29) is 5.88 Å². The molecule has 10 nitrogen and oxygen atoms in total. The van der Waals surface area contributed by atoms with Crippen LogP contribution in [-0.2, 0) is 11.1 Å². The molecule has 188 valence electrons. The van der Waals surface area contributed by atoms with E-state index in [9.17, 15) is 8.76 Å². The number of nitrogens with one attached hydrogen (secondary N) is 1. The van der Waals surface area contributed by atoms with Crippen LogP contribution in [0.3, 0.4) is 0 Å². The van der Waals surface area contributed by atoms with Crippen molar-refractivity contribution in [2.24, 2.45) is 0 Å². The van der Waals surface area contributed by atoms with E-state index in [2.05, 4.69) is 48.9 Å². The first-order valence-corrected chi connectivity index (χ1v) is 13.9. The molecule has 0 amide bonds. The van der Waals surface area contributed by atoms with E-state index < -0.39 is 11.1 Å². The quantitative estimate of drug-likeness (QED) is 0.315.